The number of rotatable bonds is 7. The van der Waals surface area contributed by atoms with Gasteiger partial charge in [0.15, 0.2) is 0 Å². The topological polar surface area (TPSA) is 59.6 Å². The first-order chi connectivity index (χ1) is 9.76. The maximum Gasteiger partial charge on any atom is 0.250 e. The zero-order chi connectivity index (χ0) is 14.3. The number of carbonyl (C=O) groups excluding carboxylic acids is 1. The smallest absolute Gasteiger partial charge is 0.250 e. The van der Waals surface area contributed by atoms with Crippen LogP contribution in [0, 0.1) is 5.41 Å². The van der Waals surface area contributed by atoms with Gasteiger partial charge in [0.1, 0.15) is 6.10 Å². The molecule has 0 spiro atoms. The minimum Gasteiger partial charge on any atom is -0.382 e. The highest BCUT2D eigenvalue weighted by Gasteiger charge is 2.34. The first-order valence-electron chi connectivity index (χ1n) is 7.93. The molecule has 1 atom stereocenters. The zero-order valence-electron chi connectivity index (χ0n) is 12.6. The van der Waals surface area contributed by atoms with Crippen LogP contribution >= 0.6 is 0 Å². The Morgan fingerprint density at radius 1 is 1.45 bits per heavy atom. The molecule has 1 heterocycles. The largest absolute Gasteiger partial charge is 0.382 e. The number of amides is 1. The van der Waals surface area contributed by atoms with E-state index in [0.717, 1.165) is 32.7 Å². The van der Waals surface area contributed by atoms with E-state index in [-0.39, 0.29) is 17.4 Å². The van der Waals surface area contributed by atoms with Crippen LogP contribution in [0.15, 0.2) is 0 Å². The van der Waals surface area contributed by atoms with E-state index >= 15 is 0 Å². The van der Waals surface area contributed by atoms with Crippen LogP contribution in [0.4, 0.5) is 0 Å². The second-order valence-corrected chi connectivity index (χ2v) is 5.94. The molecule has 1 unspecified atom stereocenters. The second kappa shape index (κ2) is 7.96. The van der Waals surface area contributed by atoms with E-state index in [2.05, 4.69) is 10.6 Å². The molecule has 1 aliphatic heterocycles. The lowest BCUT2D eigenvalue weighted by molar-refractivity contribution is -0.134. The molecule has 1 amide bonds. The second-order valence-electron chi connectivity index (χ2n) is 5.94. The summed E-state index contributed by atoms with van der Waals surface area (Å²) in [6.45, 7) is 6.43. The third-order valence-corrected chi connectivity index (χ3v) is 4.50. The van der Waals surface area contributed by atoms with Gasteiger partial charge in [-0.25, -0.2) is 0 Å². The third kappa shape index (κ3) is 4.43. The van der Waals surface area contributed by atoms with Crippen molar-refractivity contribution in [3.63, 3.8) is 0 Å². The summed E-state index contributed by atoms with van der Waals surface area (Å²) < 4.78 is 11.0. The van der Waals surface area contributed by atoms with E-state index in [4.69, 9.17) is 9.47 Å². The molecule has 2 rings (SSSR count). The maximum atomic E-state index is 12.1. The standard InChI is InChI=1S/C15H28N2O3/c1-2-19-9-7-15(5-3-4-6-15)12-17-14(18)13-11-16-8-10-20-13/h13,16H,2-12H2,1H3,(H,17,18). The van der Waals surface area contributed by atoms with Crippen LogP contribution in [0.1, 0.15) is 39.0 Å². The van der Waals surface area contributed by atoms with Crippen LogP contribution in [0.5, 0.6) is 0 Å². The summed E-state index contributed by atoms with van der Waals surface area (Å²) in [6.07, 6.45) is 5.65. The van der Waals surface area contributed by atoms with Gasteiger partial charge in [0.05, 0.1) is 6.61 Å². The molecular weight excluding hydrogens is 256 g/mol. The van der Waals surface area contributed by atoms with Gasteiger partial charge in [-0.3, -0.25) is 4.79 Å². The minimum atomic E-state index is -0.325. The molecule has 116 valence electrons. The Balaban J connectivity index is 1.77. The number of hydrogen-bond acceptors (Lipinski definition) is 4. The van der Waals surface area contributed by atoms with Crippen molar-refractivity contribution in [2.75, 3.05) is 39.5 Å². The summed E-state index contributed by atoms with van der Waals surface area (Å²) in [6, 6.07) is 0. The average molecular weight is 284 g/mol. The van der Waals surface area contributed by atoms with Crippen LogP contribution in [0.3, 0.4) is 0 Å². The molecule has 2 aliphatic rings. The fourth-order valence-corrected chi connectivity index (χ4v) is 3.20. The minimum absolute atomic E-state index is 0.0277. The van der Waals surface area contributed by atoms with E-state index in [1.165, 1.54) is 25.7 Å². The summed E-state index contributed by atoms with van der Waals surface area (Å²) >= 11 is 0. The predicted octanol–water partition coefficient (Wildman–Crippen LogP) is 1.08. The van der Waals surface area contributed by atoms with Crippen LogP contribution in [-0.4, -0.2) is 51.5 Å². The molecule has 1 saturated carbocycles. The average Bonchev–Trinajstić information content (AvgIpc) is 2.95. The number of nitrogens with one attached hydrogen (secondary N) is 2. The number of ether oxygens (including phenoxy) is 2. The van der Waals surface area contributed by atoms with Gasteiger partial charge in [-0.05, 0) is 31.6 Å². The van der Waals surface area contributed by atoms with Crippen molar-refractivity contribution in [1.82, 2.24) is 10.6 Å². The van der Waals surface area contributed by atoms with E-state index in [1.807, 2.05) is 6.92 Å². The van der Waals surface area contributed by atoms with E-state index in [1.54, 1.807) is 0 Å². The Morgan fingerprint density at radius 2 is 2.25 bits per heavy atom. The molecule has 20 heavy (non-hydrogen) atoms. The van der Waals surface area contributed by atoms with Gasteiger partial charge in [0, 0.05) is 32.8 Å². The van der Waals surface area contributed by atoms with Crippen molar-refractivity contribution in [2.45, 2.75) is 45.1 Å². The monoisotopic (exact) mass is 284 g/mol. The SMILES string of the molecule is CCOCCC1(CNC(=O)C2CNCCO2)CCCC1. The molecule has 0 radical (unpaired) electrons. The van der Waals surface area contributed by atoms with Gasteiger partial charge in [-0.1, -0.05) is 12.8 Å². The van der Waals surface area contributed by atoms with Crippen molar-refractivity contribution >= 4 is 5.91 Å². The predicted molar refractivity (Wildman–Crippen MR) is 77.6 cm³/mol. The first kappa shape index (κ1) is 15.7. The summed E-state index contributed by atoms with van der Waals surface area (Å²) in [4.78, 5) is 12.1. The highest BCUT2D eigenvalue weighted by atomic mass is 16.5. The van der Waals surface area contributed by atoms with Crippen LogP contribution in [-0.2, 0) is 14.3 Å². The lowest BCUT2D eigenvalue weighted by Gasteiger charge is -2.30. The lowest BCUT2D eigenvalue weighted by Crippen LogP contribution is -2.49. The van der Waals surface area contributed by atoms with Gasteiger partial charge in [0.2, 0.25) is 5.91 Å². The third-order valence-electron chi connectivity index (χ3n) is 4.50. The van der Waals surface area contributed by atoms with Gasteiger partial charge in [-0.15, -0.1) is 0 Å². The fourth-order valence-electron chi connectivity index (χ4n) is 3.20. The zero-order valence-corrected chi connectivity index (χ0v) is 12.6. The van der Waals surface area contributed by atoms with Gasteiger partial charge in [-0.2, -0.15) is 0 Å². The van der Waals surface area contributed by atoms with Crippen LogP contribution in [0.2, 0.25) is 0 Å². The van der Waals surface area contributed by atoms with Crippen molar-refractivity contribution in [1.29, 1.82) is 0 Å². The summed E-state index contributed by atoms with van der Waals surface area (Å²) in [5.74, 6) is 0.0277. The Hall–Kier alpha value is -0.650. The van der Waals surface area contributed by atoms with E-state index in [0.29, 0.717) is 13.2 Å². The molecule has 0 bridgehead atoms. The van der Waals surface area contributed by atoms with Crippen molar-refractivity contribution in [2.24, 2.45) is 5.41 Å². The maximum absolute atomic E-state index is 12.1. The Kier molecular flexibility index (Phi) is 6.26. The molecule has 0 aromatic rings. The highest BCUT2D eigenvalue weighted by Crippen LogP contribution is 2.40. The van der Waals surface area contributed by atoms with Crippen molar-refractivity contribution < 1.29 is 14.3 Å². The molecule has 1 aliphatic carbocycles. The molecule has 2 fully saturated rings. The molecule has 5 nitrogen and oxygen atoms in total. The Bertz CT molecular complexity index is 297. The van der Waals surface area contributed by atoms with E-state index in [9.17, 15) is 4.79 Å². The number of carbonyl (C=O) groups is 1. The first-order valence-corrected chi connectivity index (χ1v) is 7.93. The summed E-state index contributed by atoms with van der Waals surface area (Å²) in [5.41, 5.74) is 0.243. The Morgan fingerprint density at radius 3 is 2.90 bits per heavy atom. The molecule has 0 aromatic heterocycles. The molecule has 1 saturated heterocycles. The van der Waals surface area contributed by atoms with Gasteiger partial charge >= 0.3 is 0 Å². The van der Waals surface area contributed by atoms with Gasteiger partial charge in [0.25, 0.3) is 0 Å². The van der Waals surface area contributed by atoms with Gasteiger partial charge < -0.3 is 20.1 Å². The normalized spacial score (nSPS) is 25.6. The summed E-state index contributed by atoms with van der Waals surface area (Å²) in [7, 11) is 0. The summed E-state index contributed by atoms with van der Waals surface area (Å²) in [5, 5.41) is 6.29. The van der Waals surface area contributed by atoms with Crippen LogP contribution < -0.4 is 10.6 Å². The van der Waals surface area contributed by atoms with Crippen LogP contribution in [0.25, 0.3) is 0 Å². The lowest BCUT2D eigenvalue weighted by atomic mass is 9.83. The molecule has 5 heteroatoms. The number of morpholine rings is 1. The quantitative estimate of drug-likeness (QED) is 0.687. The Labute approximate surface area is 121 Å². The molecule has 2 N–H and O–H groups in total. The fraction of sp³-hybridized carbons (Fsp3) is 0.933. The highest BCUT2D eigenvalue weighted by molar-refractivity contribution is 5.81. The number of hydrogen-bond donors (Lipinski definition) is 2. The molecule has 0 aromatic carbocycles. The van der Waals surface area contributed by atoms with Crippen molar-refractivity contribution in [3.05, 3.63) is 0 Å². The molecular formula is C15H28N2O3. The van der Waals surface area contributed by atoms with Crippen molar-refractivity contribution in [3.8, 4) is 0 Å². The van der Waals surface area contributed by atoms with E-state index < -0.39 is 0 Å².